The van der Waals surface area contributed by atoms with E-state index in [1.165, 1.54) is 12.8 Å². The number of ether oxygens (including phenoxy) is 1. The highest BCUT2D eigenvalue weighted by Gasteiger charge is 2.24. The van der Waals surface area contributed by atoms with E-state index in [1.807, 2.05) is 24.3 Å². The van der Waals surface area contributed by atoms with Gasteiger partial charge >= 0.3 is 0 Å². The van der Waals surface area contributed by atoms with Crippen LogP contribution in [0.2, 0.25) is 0 Å². The van der Waals surface area contributed by atoms with Gasteiger partial charge in [0.2, 0.25) is 0 Å². The molecule has 1 N–H and O–H groups in total. The van der Waals surface area contributed by atoms with Gasteiger partial charge in [0.15, 0.2) is 5.82 Å². The lowest BCUT2D eigenvalue weighted by molar-refractivity contribution is 0.0835. The van der Waals surface area contributed by atoms with Crippen LogP contribution in [0.1, 0.15) is 53.9 Å². The fourth-order valence-electron chi connectivity index (χ4n) is 3.55. The Labute approximate surface area is 152 Å². The summed E-state index contributed by atoms with van der Waals surface area (Å²) >= 11 is 0. The number of carbonyl (C=O) groups excluding carboxylic acids is 1. The van der Waals surface area contributed by atoms with Crippen molar-refractivity contribution in [3.63, 3.8) is 0 Å². The number of carbonyl (C=O) groups is 1. The van der Waals surface area contributed by atoms with E-state index in [4.69, 9.17) is 9.26 Å². The van der Waals surface area contributed by atoms with E-state index in [-0.39, 0.29) is 12.0 Å². The summed E-state index contributed by atoms with van der Waals surface area (Å²) in [6.07, 6.45) is 4.77. The molecule has 0 aliphatic carbocycles. The topological polar surface area (TPSA) is 80.5 Å². The molecule has 2 fully saturated rings. The highest BCUT2D eigenvalue weighted by molar-refractivity contribution is 5.99. The first-order chi connectivity index (χ1) is 12.8. The maximum absolute atomic E-state index is 12.6. The summed E-state index contributed by atoms with van der Waals surface area (Å²) in [6.45, 7) is 3.24. The number of aromatic nitrogens is 2. The monoisotopic (exact) mass is 356 g/mol. The average molecular weight is 356 g/mol. The third kappa shape index (κ3) is 3.72. The fourth-order valence-corrected chi connectivity index (χ4v) is 3.55. The van der Waals surface area contributed by atoms with Gasteiger partial charge in [0.05, 0.1) is 5.56 Å². The van der Waals surface area contributed by atoms with Gasteiger partial charge in [0.25, 0.3) is 11.8 Å². The maximum Gasteiger partial charge on any atom is 0.255 e. The van der Waals surface area contributed by atoms with Crippen LogP contribution in [0.15, 0.2) is 28.8 Å². The molecule has 3 heterocycles. The van der Waals surface area contributed by atoms with Crippen LogP contribution in [0.4, 0.5) is 5.69 Å². The number of anilines is 1. The molecular formula is C19H24N4O3. The second-order valence-corrected chi connectivity index (χ2v) is 6.77. The van der Waals surface area contributed by atoms with Gasteiger partial charge in [-0.2, -0.15) is 4.98 Å². The first-order valence-corrected chi connectivity index (χ1v) is 9.37. The molecule has 7 nitrogen and oxygen atoms in total. The SMILES string of the molecule is O=C(NCCc1noc(C2CCCO2)n1)c1ccccc1N1CCCC1. The number of hydrogen-bond acceptors (Lipinski definition) is 6. The summed E-state index contributed by atoms with van der Waals surface area (Å²) in [5.41, 5.74) is 1.74. The molecule has 4 rings (SSSR count). The van der Waals surface area contributed by atoms with Crippen molar-refractivity contribution >= 4 is 11.6 Å². The standard InChI is InChI=1S/C19H24N4O3/c24-18(14-6-1-2-7-15(14)23-11-3-4-12-23)20-10-9-17-21-19(26-22-17)16-8-5-13-25-16/h1-2,6-7,16H,3-5,8-13H2,(H,20,24). The Kier molecular flexibility index (Phi) is 5.15. The summed E-state index contributed by atoms with van der Waals surface area (Å²) in [6, 6.07) is 7.79. The molecule has 2 saturated heterocycles. The molecule has 1 atom stereocenters. The quantitative estimate of drug-likeness (QED) is 0.856. The van der Waals surface area contributed by atoms with E-state index in [0.717, 1.165) is 43.8 Å². The third-order valence-electron chi connectivity index (χ3n) is 4.92. The van der Waals surface area contributed by atoms with Gasteiger partial charge in [-0.3, -0.25) is 4.79 Å². The summed E-state index contributed by atoms with van der Waals surface area (Å²) < 4.78 is 10.8. The summed E-state index contributed by atoms with van der Waals surface area (Å²) in [4.78, 5) is 19.3. The van der Waals surface area contributed by atoms with E-state index in [0.29, 0.717) is 24.7 Å². The fraction of sp³-hybridized carbons (Fsp3) is 0.526. The Morgan fingerprint density at radius 2 is 2.08 bits per heavy atom. The number of nitrogens with one attached hydrogen (secondary N) is 1. The van der Waals surface area contributed by atoms with E-state index in [2.05, 4.69) is 20.4 Å². The predicted octanol–water partition coefficient (Wildman–Crippen LogP) is 2.49. The van der Waals surface area contributed by atoms with Gasteiger partial charge < -0.3 is 19.5 Å². The van der Waals surface area contributed by atoms with Crippen LogP contribution >= 0.6 is 0 Å². The number of rotatable bonds is 6. The summed E-state index contributed by atoms with van der Waals surface area (Å²) in [5, 5.41) is 6.96. The molecule has 2 aromatic rings. The number of benzene rings is 1. The molecule has 0 bridgehead atoms. The number of amides is 1. The van der Waals surface area contributed by atoms with Crippen molar-refractivity contribution in [1.29, 1.82) is 0 Å². The number of hydrogen-bond donors (Lipinski definition) is 1. The Morgan fingerprint density at radius 1 is 1.23 bits per heavy atom. The second kappa shape index (κ2) is 7.86. The van der Waals surface area contributed by atoms with E-state index >= 15 is 0 Å². The highest BCUT2D eigenvalue weighted by atomic mass is 16.5. The van der Waals surface area contributed by atoms with Gasteiger partial charge in [-0.15, -0.1) is 0 Å². The highest BCUT2D eigenvalue weighted by Crippen LogP contribution is 2.27. The first kappa shape index (κ1) is 17.0. The molecule has 2 aliphatic heterocycles. The van der Waals surface area contributed by atoms with Crippen LogP contribution in [0.25, 0.3) is 0 Å². The molecule has 1 unspecified atom stereocenters. The van der Waals surface area contributed by atoms with E-state index < -0.39 is 0 Å². The van der Waals surface area contributed by atoms with Crippen molar-refractivity contribution in [2.45, 2.75) is 38.2 Å². The minimum Gasteiger partial charge on any atom is -0.371 e. The zero-order valence-corrected chi connectivity index (χ0v) is 14.8. The van der Waals surface area contributed by atoms with Crippen molar-refractivity contribution in [2.24, 2.45) is 0 Å². The van der Waals surface area contributed by atoms with Gasteiger partial charge in [-0.25, -0.2) is 0 Å². The molecule has 1 aromatic heterocycles. The van der Waals surface area contributed by atoms with Crippen molar-refractivity contribution < 1.29 is 14.1 Å². The van der Waals surface area contributed by atoms with E-state index in [9.17, 15) is 4.79 Å². The minimum absolute atomic E-state index is 0.0599. The van der Waals surface area contributed by atoms with Crippen LogP contribution in [0.3, 0.4) is 0 Å². The second-order valence-electron chi connectivity index (χ2n) is 6.77. The van der Waals surface area contributed by atoms with Gasteiger partial charge in [-0.05, 0) is 37.8 Å². The minimum atomic E-state index is -0.0711. The van der Waals surface area contributed by atoms with Gasteiger partial charge in [0.1, 0.15) is 6.10 Å². The smallest absolute Gasteiger partial charge is 0.255 e. The zero-order valence-electron chi connectivity index (χ0n) is 14.8. The predicted molar refractivity (Wildman–Crippen MR) is 96.2 cm³/mol. The number of para-hydroxylation sites is 1. The average Bonchev–Trinajstić information content (AvgIpc) is 3.42. The van der Waals surface area contributed by atoms with Crippen molar-refractivity contribution in [3.05, 3.63) is 41.5 Å². The molecule has 7 heteroatoms. The van der Waals surface area contributed by atoms with Crippen LogP contribution in [-0.2, 0) is 11.2 Å². The van der Waals surface area contributed by atoms with E-state index in [1.54, 1.807) is 0 Å². The largest absolute Gasteiger partial charge is 0.371 e. The van der Waals surface area contributed by atoms with Crippen LogP contribution in [-0.4, -0.2) is 42.3 Å². The lowest BCUT2D eigenvalue weighted by atomic mass is 10.1. The van der Waals surface area contributed by atoms with Crippen molar-refractivity contribution in [1.82, 2.24) is 15.5 Å². The summed E-state index contributed by atoms with van der Waals surface area (Å²) in [7, 11) is 0. The van der Waals surface area contributed by atoms with Crippen molar-refractivity contribution in [3.8, 4) is 0 Å². The molecular weight excluding hydrogens is 332 g/mol. The molecule has 0 spiro atoms. The Balaban J connectivity index is 1.33. The molecule has 2 aliphatic rings. The molecule has 1 aromatic carbocycles. The molecule has 26 heavy (non-hydrogen) atoms. The Bertz CT molecular complexity index is 749. The Hall–Kier alpha value is -2.41. The lowest BCUT2D eigenvalue weighted by Crippen LogP contribution is -2.29. The third-order valence-corrected chi connectivity index (χ3v) is 4.92. The molecule has 1 amide bonds. The van der Waals surface area contributed by atoms with Gasteiger partial charge in [0, 0.05) is 38.3 Å². The zero-order chi connectivity index (χ0) is 17.8. The molecule has 138 valence electrons. The molecule has 0 saturated carbocycles. The van der Waals surface area contributed by atoms with Gasteiger partial charge in [-0.1, -0.05) is 17.3 Å². The molecule has 0 radical (unpaired) electrons. The number of nitrogens with zero attached hydrogens (tertiary/aromatic N) is 3. The van der Waals surface area contributed by atoms with Crippen molar-refractivity contribution in [2.75, 3.05) is 31.1 Å². The maximum atomic E-state index is 12.6. The first-order valence-electron chi connectivity index (χ1n) is 9.37. The Morgan fingerprint density at radius 3 is 2.88 bits per heavy atom. The lowest BCUT2D eigenvalue weighted by Gasteiger charge is -2.20. The van der Waals surface area contributed by atoms with Crippen LogP contribution in [0, 0.1) is 0 Å². The normalized spacial score (nSPS) is 19.8. The van der Waals surface area contributed by atoms with Crippen LogP contribution in [0.5, 0.6) is 0 Å². The summed E-state index contributed by atoms with van der Waals surface area (Å²) in [5.74, 6) is 1.09. The van der Waals surface area contributed by atoms with Crippen LogP contribution < -0.4 is 10.2 Å².